The Morgan fingerprint density at radius 1 is 1.35 bits per heavy atom. The van der Waals surface area contributed by atoms with Crippen LogP contribution >= 0.6 is 0 Å². The van der Waals surface area contributed by atoms with Gasteiger partial charge in [-0.25, -0.2) is 4.79 Å². The normalized spacial score (nSPS) is 10.9. The van der Waals surface area contributed by atoms with Crippen LogP contribution in [0.25, 0.3) is 0 Å². The van der Waals surface area contributed by atoms with Crippen molar-refractivity contribution < 1.29 is 9.90 Å². The average Bonchev–Trinajstić information content (AvgIpc) is 2.82. The smallest absolute Gasteiger partial charge is 0.335 e. The maximum Gasteiger partial charge on any atom is 0.335 e. The van der Waals surface area contributed by atoms with Crippen LogP contribution < -0.4 is 0 Å². The molecule has 5 heteroatoms. The molecule has 0 atom stereocenters. The lowest BCUT2D eigenvalue weighted by Crippen LogP contribution is -2.21. The zero-order valence-corrected chi connectivity index (χ0v) is 11.8. The molecule has 1 heterocycles. The molecule has 0 aliphatic carbocycles. The first-order valence-electron chi connectivity index (χ1n) is 6.54. The van der Waals surface area contributed by atoms with Gasteiger partial charge in [0.15, 0.2) is 0 Å². The zero-order valence-electron chi connectivity index (χ0n) is 11.8. The van der Waals surface area contributed by atoms with Gasteiger partial charge in [-0.3, -0.25) is 4.68 Å². The van der Waals surface area contributed by atoms with Crippen LogP contribution in [-0.4, -0.2) is 39.3 Å². The number of aromatic nitrogens is 2. The number of hydrogen-bond donors (Lipinski definition) is 1. The third-order valence-corrected chi connectivity index (χ3v) is 3.21. The molecule has 0 unspecified atom stereocenters. The van der Waals surface area contributed by atoms with Gasteiger partial charge in [0.05, 0.1) is 11.3 Å². The standard InChI is InChI=1S/C15H19N3O2/c1-17(11-13-8-10-18(2)16-13)9-7-12-5-3-4-6-14(12)15(19)20/h3-6,8,10H,7,9,11H2,1-2H3,(H,19,20). The molecule has 1 aromatic carbocycles. The SMILES string of the molecule is CN(CCc1ccccc1C(=O)O)Cc1ccn(C)n1. The minimum Gasteiger partial charge on any atom is -0.478 e. The van der Waals surface area contributed by atoms with Crippen molar-refractivity contribution in [2.75, 3.05) is 13.6 Å². The Morgan fingerprint density at radius 3 is 2.75 bits per heavy atom. The van der Waals surface area contributed by atoms with Gasteiger partial charge in [-0.2, -0.15) is 5.10 Å². The van der Waals surface area contributed by atoms with Gasteiger partial charge < -0.3 is 10.0 Å². The maximum atomic E-state index is 11.1. The van der Waals surface area contributed by atoms with Gasteiger partial charge in [0.2, 0.25) is 0 Å². The first kappa shape index (κ1) is 14.3. The summed E-state index contributed by atoms with van der Waals surface area (Å²) in [6, 6.07) is 9.14. The molecule has 0 aliphatic rings. The summed E-state index contributed by atoms with van der Waals surface area (Å²) in [6.45, 7) is 1.55. The predicted octanol–water partition coefficient (Wildman–Crippen LogP) is 1.79. The first-order chi connectivity index (χ1) is 9.56. The van der Waals surface area contributed by atoms with Gasteiger partial charge in [0.25, 0.3) is 0 Å². The number of nitrogens with zero attached hydrogens (tertiary/aromatic N) is 3. The number of benzene rings is 1. The lowest BCUT2D eigenvalue weighted by Gasteiger charge is -2.15. The van der Waals surface area contributed by atoms with Crippen molar-refractivity contribution >= 4 is 5.97 Å². The van der Waals surface area contributed by atoms with Gasteiger partial charge in [0, 0.05) is 26.3 Å². The topological polar surface area (TPSA) is 58.4 Å². The second-order valence-corrected chi connectivity index (χ2v) is 4.93. The quantitative estimate of drug-likeness (QED) is 0.872. The van der Waals surface area contributed by atoms with Gasteiger partial charge in [0.1, 0.15) is 0 Å². The fraction of sp³-hybridized carbons (Fsp3) is 0.333. The van der Waals surface area contributed by atoms with E-state index in [0.717, 1.165) is 24.3 Å². The molecule has 0 fully saturated rings. The molecule has 5 nitrogen and oxygen atoms in total. The van der Waals surface area contributed by atoms with E-state index in [0.29, 0.717) is 12.0 Å². The molecular weight excluding hydrogens is 254 g/mol. The Labute approximate surface area is 118 Å². The molecule has 20 heavy (non-hydrogen) atoms. The second kappa shape index (κ2) is 6.34. The summed E-state index contributed by atoms with van der Waals surface area (Å²) >= 11 is 0. The maximum absolute atomic E-state index is 11.1. The Bertz CT molecular complexity index is 592. The lowest BCUT2D eigenvalue weighted by molar-refractivity contribution is 0.0695. The molecular formula is C15H19N3O2. The van der Waals surface area contributed by atoms with E-state index in [1.54, 1.807) is 16.8 Å². The summed E-state index contributed by atoms with van der Waals surface area (Å²) in [5, 5.41) is 13.5. The summed E-state index contributed by atoms with van der Waals surface area (Å²) in [7, 11) is 3.91. The monoisotopic (exact) mass is 273 g/mol. The molecule has 0 saturated heterocycles. The van der Waals surface area contributed by atoms with Crippen molar-refractivity contribution in [1.82, 2.24) is 14.7 Å². The van der Waals surface area contributed by atoms with Crippen molar-refractivity contribution in [3.05, 3.63) is 53.3 Å². The van der Waals surface area contributed by atoms with E-state index in [4.69, 9.17) is 5.11 Å². The molecule has 0 amide bonds. The number of likely N-dealkylation sites (N-methyl/N-ethyl adjacent to an activating group) is 1. The predicted molar refractivity (Wildman–Crippen MR) is 76.6 cm³/mol. The van der Waals surface area contributed by atoms with Crippen LogP contribution in [0.4, 0.5) is 0 Å². The number of aryl methyl sites for hydroxylation is 1. The third kappa shape index (κ3) is 3.68. The molecule has 1 aromatic heterocycles. The van der Waals surface area contributed by atoms with Crippen LogP contribution in [0.15, 0.2) is 36.5 Å². The first-order valence-corrected chi connectivity index (χ1v) is 6.54. The molecule has 0 spiro atoms. The van der Waals surface area contributed by atoms with Crippen LogP contribution in [-0.2, 0) is 20.0 Å². The Morgan fingerprint density at radius 2 is 2.10 bits per heavy atom. The number of carboxylic acid groups (broad SMARTS) is 1. The highest BCUT2D eigenvalue weighted by molar-refractivity contribution is 5.89. The molecule has 2 rings (SSSR count). The van der Waals surface area contributed by atoms with Crippen molar-refractivity contribution in [2.45, 2.75) is 13.0 Å². The fourth-order valence-electron chi connectivity index (χ4n) is 2.16. The van der Waals surface area contributed by atoms with E-state index in [1.807, 2.05) is 38.5 Å². The molecule has 0 saturated carbocycles. The summed E-state index contributed by atoms with van der Waals surface area (Å²) in [6.07, 6.45) is 2.63. The van der Waals surface area contributed by atoms with Crippen molar-refractivity contribution in [1.29, 1.82) is 0 Å². The summed E-state index contributed by atoms with van der Waals surface area (Å²) in [5.41, 5.74) is 2.27. The molecule has 1 N–H and O–H groups in total. The van der Waals surface area contributed by atoms with Crippen molar-refractivity contribution in [2.24, 2.45) is 7.05 Å². The van der Waals surface area contributed by atoms with Gasteiger partial charge in [-0.05, 0) is 31.2 Å². The lowest BCUT2D eigenvalue weighted by atomic mass is 10.0. The second-order valence-electron chi connectivity index (χ2n) is 4.93. The number of aromatic carboxylic acids is 1. The number of carbonyl (C=O) groups is 1. The number of rotatable bonds is 6. The van der Waals surface area contributed by atoms with E-state index >= 15 is 0 Å². The fourth-order valence-corrected chi connectivity index (χ4v) is 2.16. The highest BCUT2D eigenvalue weighted by Gasteiger charge is 2.10. The summed E-state index contributed by atoms with van der Waals surface area (Å²) in [4.78, 5) is 13.3. The van der Waals surface area contributed by atoms with E-state index in [1.165, 1.54) is 0 Å². The highest BCUT2D eigenvalue weighted by Crippen LogP contribution is 2.10. The van der Waals surface area contributed by atoms with E-state index < -0.39 is 5.97 Å². The molecule has 0 radical (unpaired) electrons. The van der Waals surface area contributed by atoms with Gasteiger partial charge in [-0.1, -0.05) is 18.2 Å². The van der Waals surface area contributed by atoms with Crippen LogP contribution in [0.2, 0.25) is 0 Å². The van der Waals surface area contributed by atoms with Crippen LogP contribution in [0.5, 0.6) is 0 Å². The number of carboxylic acids is 1. The molecule has 106 valence electrons. The highest BCUT2D eigenvalue weighted by atomic mass is 16.4. The van der Waals surface area contributed by atoms with E-state index in [-0.39, 0.29) is 0 Å². The summed E-state index contributed by atoms with van der Waals surface area (Å²) in [5.74, 6) is -0.868. The van der Waals surface area contributed by atoms with Crippen LogP contribution in [0.3, 0.4) is 0 Å². The third-order valence-electron chi connectivity index (χ3n) is 3.21. The Balaban J connectivity index is 1.93. The van der Waals surface area contributed by atoms with Crippen molar-refractivity contribution in [3.63, 3.8) is 0 Å². The molecule has 2 aromatic rings. The zero-order chi connectivity index (χ0) is 14.5. The van der Waals surface area contributed by atoms with Gasteiger partial charge in [-0.15, -0.1) is 0 Å². The van der Waals surface area contributed by atoms with E-state index in [9.17, 15) is 4.79 Å². The number of hydrogen-bond acceptors (Lipinski definition) is 3. The minimum atomic E-state index is -0.868. The van der Waals surface area contributed by atoms with Crippen molar-refractivity contribution in [3.8, 4) is 0 Å². The Hall–Kier alpha value is -2.14. The van der Waals surface area contributed by atoms with Gasteiger partial charge >= 0.3 is 5.97 Å². The average molecular weight is 273 g/mol. The van der Waals surface area contributed by atoms with Crippen LogP contribution in [0.1, 0.15) is 21.6 Å². The van der Waals surface area contributed by atoms with E-state index in [2.05, 4.69) is 10.00 Å². The molecule has 0 bridgehead atoms. The Kier molecular flexibility index (Phi) is 4.53. The van der Waals surface area contributed by atoms with Crippen LogP contribution in [0, 0.1) is 0 Å². The molecule has 0 aliphatic heterocycles. The largest absolute Gasteiger partial charge is 0.478 e. The summed E-state index contributed by atoms with van der Waals surface area (Å²) < 4.78 is 1.78. The minimum absolute atomic E-state index is 0.388.